The van der Waals surface area contributed by atoms with Gasteiger partial charge in [0.15, 0.2) is 11.3 Å². The maximum atomic E-state index is 5.62. The molecule has 12 heteroatoms. The first-order chi connectivity index (χ1) is 16.4. The standard InChI is InChI=1S/C11H8BrN5.C11H10N6/c2*1-17-6-7(4-14-17)9-5-13-8-2-3-10(12)16-11(8)15-9/h2-6H,1H3;2-6H,1H3,(H2,12,15,16). The van der Waals surface area contributed by atoms with E-state index in [1.54, 1.807) is 46.3 Å². The molecule has 2 N–H and O–H groups in total. The van der Waals surface area contributed by atoms with Gasteiger partial charge in [-0.05, 0) is 40.2 Å². The lowest BCUT2D eigenvalue weighted by atomic mass is 10.2. The summed E-state index contributed by atoms with van der Waals surface area (Å²) >= 11 is 3.32. The topological polar surface area (TPSA) is 139 Å². The number of rotatable bonds is 2. The summed E-state index contributed by atoms with van der Waals surface area (Å²) in [5, 5.41) is 8.20. The van der Waals surface area contributed by atoms with E-state index in [2.05, 4.69) is 56.0 Å². The number of aryl methyl sites for hydroxylation is 2. The highest BCUT2D eigenvalue weighted by molar-refractivity contribution is 9.10. The molecule has 0 saturated carbocycles. The van der Waals surface area contributed by atoms with E-state index in [4.69, 9.17) is 5.73 Å². The van der Waals surface area contributed by atoms with Crippen molar-refractivity contribution in [3.05, 3.63) is 66.0 Å². The molecule has 11 nitrogen and oxygen atoms in total. The van der Waals surface area contributed by atoms with Crippen molar-refractivity contribution in [2.45, 2.75) is 0 Å². The Labute approximate surface area is 201 Å². The monoisotopic (exact) mass is 515 g/mol. The van der Waals surface area contributed by atoms with Crippen LogP contribution >= 0.6 is 15.9 Å². The van der Waals surface area contributed by atoms with Crippen molar-refractivity contribution < 1.29 is 0 Å². The molecule has 0 amide bonds. The van der Waals surface area contributed by atoms with Crippen LogP contribution < -0.4 is 5.73 Å². The molecule has 0 bridgehead atoms. The third-order valence-electron chi connectivity index (χ3n) is 4.80. The van der Waals surface area contributed by atoms with Crippen molar-refractivity contribution in [2.75, 3.05) is 5.73 Å². The Morgan fingerprint density at radius 2 is 1.21 bits per heavy atom. The van der Waals surface area contributed by atoms with E-state index >= 15 is 0 Å². The lowest BCUT2D eigenvalue weighted by molar-refractivity contribution is 0.768. The van der Waals surface area contributed by atoms with Crippen LogP contribution in [-0.2, 0) is 14.1 Å². The van der Waals surface area contributed by atoms with Crippen LogP contribution in [0.25, 0.3) is 44.8 Å². The first-order valence-electron chi connectivity index (χ1n) is 10.1. The van der Waals surface area contributed by atoms with Gasteiger partial charge in [-0.3, -0.25) is 19.3 Å². The highest BCUT2D eigenvalue weighted by atomic mass is 79.9. The second-order valence-electron chi connectivity index (χ2n) is 7.37. The van der Waals surface area contributed by atoms with E-state index < -0.39 is 0 Å². The van der Waals surface area contributed by atoms with Gasteiger partial charge in [0.1, 0.15) is 21.5 Å². The minimum absolute atomic E-state index is 0.440. The van der Waals surface area contributed by atoms with Gasteiger partial charge in [-0.15, -0.1) is 0 Å². The third kappa shape index (κ3) is 4.57. The molecule has 0 unspecified atom stereocenters. The lowest BCUT2D eigenvalue weighted by Crippen LogP contribution is -1.94. The summed E-state index contributed by atoms with van der Waals surface area (Å²) < 4.78 is 4.20. The number of nitrogens with zero attached hydrogens (tertiary/aromatic N) is 10. The molecule has 6 rings (SSSR count). The Kier molecular flexibility index (Phi) is 5.64. The summed E-state index contributed by atoms with van der Waals surface area (Å²) in [7, 11) is 3.72. The predicted molar refractivity (Wildman–Crippen MR) is 131 cm³/mol. The van der Waals surface area contributed by atoms with E-state index in [0.29, 0.717) is 17.1 Å². The Bertz CT molecular complexity index is 1500. The number of aromatic nitrogens is 10. The summed E-state index contributed by atoms with van der Waals surface area (Å²) in [6.45, 7) is 0. The van der Waals surface area contributed by atoms with Gasteiger partial charge in [0.05, 0.1) is 36.2 Å². The van der Waals surface area contributed by atoms with Crippen molar-refractivity contribution in [3.8, 4) is 22.5 Å². The van der Waals surface area contributed by atoms with Gasteiger partial charge >= 0.3 is 0 Å². The molecule has 0 saturated heterocycles. The number of nitrogens with two attached hydrogens (primary N) is 1. The molecule has 6 heterocycles. The molecule has 0 atom stereocenters. The van der Waals surface area contributed by atoms with Crippen LogP contribution in [0.3, 0.4) is 0 Å². The van der Waals surface area contributed by atoms with Crippen molar-refractivity contribution >= 4 is 44.1 Å². The number of hydrogen-bond donors (Lipinski definition) is 1. The fourth-order valence-electron chi connectivity index (χ4n) is 3.17. The minimum Gasteiger partial charge on any atom is -0.384 e. The zero-order valence-corrected chi connectivity index (χ0v) is 19.8. The summed E-state index contributed by atoms with van der Waals surface area (Å²) in [6, 6.07) is 7.24. The van der Waals surface area contributed by atoms with Gasteiger partial charge in [0.2, 0.25) is 0 Å². The molecule has 0 fully saturated rings. The molecular formula is C22H18BrN11. The van der Waals surface area contributed by atoms with Gasteiger partial charge in [-0.1, -0.05) is 0 Å². The molecule has 6 aromatic rings. The molecule has 6 aromatic heterocycles. The van der Waals surface area contributed by atoms with Crippen LogP contribution in [0.5, 0.6) is 0 Å². The Balaban J connectivity index is 0.000000142. The van der Waals surface area contributed by atoms with Crippen LogP contribution in [0.2, 0.25) is 0 Å². The second kappa shape index (κ2) is 8.90. The lowest BCUT2D eigenvalue weighted by Gasteiger charge is -1.99. The molecular weight excluding hydrogens is 498 g/mol. The predicted octanol–water partition coefficient (Wildman–Crippen LogP) is 3.20. The highest BCUT2D eigenvalue weighted by Crippen LogP contribution is 2.19. The molecule has 0 aromatic carbocycles. The maximum absolute atomic E-state index is 5.62. The summed E-state index contributed by atoms with van der Waals surface area (Å²) in [5.41, 5.74) is 11.7. The van der Waals surface area contributed by atoms with Gasteiger partial charge in [0.25, 0.3) is 0 Å². The maximum Gasteiger partial charge on any atom is 0.180 e. The molecule has 0 aliphatic heterocycles. The van der Waals surface area contributed by atoms with Crippen molar-refractivity contribution in [2.24, 2.45) is 14.1 Å². The van der Waals surface area contributed by atoms with Crippen LogP contribution in [-0.4, -0.2) is 49.5 Å². The summed E-state index contributed by atoms with van der Waals surface area (Å²) in [6.07, 6.45) is 10.7. The average molecular weight is 516 g/mol. The number of hydrogen-bond acceptors (Lipinski definition) is 9. The average Bonchev–Trinajstić information content (AvgIpc) is 3.47. The fourth-order valence-corrected chi connectivity index (χ4v) is 3.47. The van der Waals surface area contributed by atoms with Crippen molar-refractivity contribution in [1.29, 1.82) is 0 Å². The van der Waals surface area contributed by atoms with Gasteiger partial charge in [-0.25, -0.2) is 19.9 Å². The molecule has 0 aliphatic carbocycles. The zero-order valence-electron chi connectivity index (χ0n) is 18.2. The minimum atomic E-state index is 0.440. The van der Waals surface area contributed by atoms with Gasteiger partial charge < -0.3 is 5.73 Å². The van der Waals surface area contributed by atoms with E-state index in [-0.39, 0.29) is 0 Å². The van der Waals surface area contributed by atoms with Gasteiger partial charge in [0, 0.05) is 37.6 Å². The van der Waals surface area contributed by atoms with Crippen LogP contribution in [0.4, 0.5) is 5.82 Å². The Morgan fingerprint density at radius 3 is 1.74 bits per heavy atom. The number of anilines is 1. The van der Waals surface area contributed by atoms with Crippen molar-refractivity contribution in [3.63, 3.8) is 0 Å². The first-order valence-corrected chi connectivity index (χ1v) is 10.9. The van der Waals surface area contributed by atoms with Gasteiger partial charge in [-0.2, -0.15) is 10.2 Å². The van der Waals surface area contributed by atoms with Crippen LogP contribution in [0, 0.1) is 0 Å². The zero-order chi connectivity index (χ0) is 23.7. The van der Waals surface area contributed by atoms with E-state index in [9.17, 15) is 0 Å². The molecule has 34 heavy (non-hydrogen) atoms. The quantitative estimate of drug-likeness (QED) is 0.344. The first kappa shape index (κ1) is 21.5. The molecule has 168 valence electrons. The third-order valence-corrected chi connectivity index (χ3v) is 5.24. The highest BCUT2D eigenvalue weighted by Gasteiger charge is 2.07. The smallest absolute Gasteiger partial charge is 0.180 e. The molecule has 0 aliphatic rings. The van der Waals surface area contributed by atoms with Crippen LogP contribution in [0.15, 0.2) is 66.0 Å². The summed E-state index contributed by atoms with van der Waals surface area (Å²) in [4.78, 5) is 25.9. The van der Waals surface area contributed by atoms with E-state index in [1.807, 2.05) is 38.6 Å². The number of pyridine rings is 2. The van der Waals surface area contributed by atoms with E-state index in [0.717, 1.165) is 38.2 Å². The molecule has 0 spiro atoms. The molecule has 0 radical (unpaired) electrons. The second-order valence-corrected chi connectivity index (χ2v) is 8.18. The summed E-state index contributed by atoms with van der Waals surface area (Å²) in [5.74, 6) is 0.440. The van der Waals surface area contributed by atoms with Crippen molar-refractivity contribution in [1.82, 2.24) is 49.5 Å². The number of fused-ring (bicyclic) bond motifs is 2. The Morgan fingerprint density at radius 1 is 0.676 bits per heavy atom. The number of nitrogen functional groups attached to an aromatic ring is 1. The van der Waals surface area contributed by atoms with Crippen LogP contribution in [0.1, 0.15) is 0 Å². The Hall–Kier alpha value is -4.32. The number of halogens is 1. The fraction of sp³-hybridized carbons (Fsp3) is 0.0909. The normalized spacial score (nSPS) is 10.9. The van der Waals surface area contributed by atoms with E-state index in [1.165, 1.54) is 0 Å². The largest absolute Gasteiger partial charge is 0.384 e. The SMILES string of the molecule is Cn1cc(-c2cnc3ccc(Br)nc3n2)cn1.Cn1cc(-c2cnc3ccc(N)nc3n2)cn1.